The third-order valence-electron chi connectivity index (χ3n) is 11.5. The topological polar surface area (TPSA) is 57.8 Å². The van der Waals surface area contributed by atoms with E-state index in [1.165, 1.54) is 38.1 Å². The smallest absolute Gasteiger partial charge is 0.164 e. The molecule has 1 aliphatic heterocycles. The minimum absolute atomic E-state index is 0.0148. The lowest BCUT2D eigenvalue weighted by Gasteiger charge is -2.20. The number of ether oxygens (including phenoxy) is 1. The van der Waals surface area contributed by atoms with Crippen LogP contribution in [-0.4, -0.2) is 24.1 Å². The van der Waals surface area contributed by atoms with E-state index in [0.717, 1.165) is 57.1 Å². The molecular weight excluding hydrogens is 699 g/mol. The highest BCUT2D eigenvalue weighted by molar-refractivity contribution is 6.24. The molecule has 6 nitrogen and oxygen atoms in total. The Bertz CT molecular complexity index is 3230. The molecule has 0 fully saturated rings. The Morgan fingerprint density at radius 1 is 0.474 bits per heavy atom. The summed E-state index contributed by atoms with van der Waals surface area (Å²) in [7, 11) is 0. The molecule has 6 heteroatoms. The van der Waals surface area contributed by atoms with E-state index < -0.39 is 0 Å². The Hall–Kier alpha value is -7.57. The second-order valence-electron chi connectivity index (χ2n) is 14.7. The first-order chi connectivity index (χ1) is 28.3. The Balaban J connectivity index is 1.04. The Morgan fingerprint density at radius 3 is 1.67 bits per heavy atom. The molecule has 12 rings (SSSR count). The van der Waals surface area contributed by atoms with Crippen LogP contribution in [0.25, 0.3) is 89.2 Å². The molecule has 1 atom stereocenters. The first-order valence-corrected chi connectivity index (χ1v) is 19.4. The highest BCUT2D eigenvalue weighted by atomic mass is 16.5. The van der Waals surface area contributed by atoms with Gasteiger partial charge in [-0.3, -0.25) is 0 Å². The second kappa shape index (κ2) is 12.5. The summed E-state index contributed by atoms with van der Waals surface area (Å²) in [4.78, 5) is 15.1. The monoisotopic (exact) mass is 731 g/mol. The van der Waals surface area contributed by atoms with Crippen molar-refractivity contribution in [3.05, 3.63) is 193 Å². The molecule has 0 bridgehead atoms. The largest absolute Gasteiger partial charge is 0.461 e. The van der Waals surface area contributed by atoms with Crippen LogP contribution < -0.4 is 4.74 Å². The van der Waals surface area contributed by atoms with Crippen LogP contribution in [0.1, 0.15) is 17.9 Å². The maximum absolute atomic E-state index is 6.81. The lowest BCUT2D eigenvalue weighted by Crippen LogP contribution is -2.08. The summed E-state index contributed by atoms with van der Waals surface area (Å²) in [6, 6.07) is 59.3. The third-order valence-corrected chi connectivity index (χ3v) is 11.5. The van der Waals surface area contributed by atoms with Crippen molar-refractivity contribution in [1.29, 1.82) is 0 Å². The van der Waals surface area contributed by atoms with Gasteiger partial charge in [0.25, 0.3) is 0 Å². The van der Waals surface area contributed by atoms with E-state index in [4.69, 9.17) is 19.7 Å². The number of nitrogens with zero attached hydrogens (tertiary/aromatic N) is 5. The molecule has 0 radical (unpaired) electrons. The summed E-state index contributed by atoms with van der Waals surface area (Å²) in [6.07, 6.45) is 5.39. The molecule has 268 valence electrons. The minimum atomic E-state index is 0.0148. The molecule has 0 saturated heterocycles. The summed E-state index contributed by atoms with van der Waals surface area (Å²) in [5, 5.41) is 4.90. The normalized spacial score (nSPS) is 14.8. The highest BCUT2D eigenvalue weighted by Gasteiger charge is 2.35. The van der Waals surface area contributed by atoms with Crippen molar-refractivity contribution in [1.82, 2.24) is 24.1 Å². The van der Waals surface area contributed by atoms with Gasteiger partial charge in [-0.2, -0.15) is 0 Å². The van der Waals surface area contributed by atoms with E-state index in [0.29, 0.717) is 17.5 Å². The van der Waals surface area contributed by atoms with Crippen molar-refractivity contribution < 1.29 is 4.74 Å². The lowest BCUT2D eigenvalue weighted by atomic mass is 9.88. The van der Waals surface area contributed by atoms with Gasteiger partial charge in [0.1, 0.15) is 11.5 Å². The van der Waals surface area contributed by atoms with Gasteiger partial charge in [-0.1, -0.05) is 146 Å². The van der Waals surface area contributed by atoms with Crippen LogP contribution in [0, 0.1) is 0 Å². The Labute approximate surface area is 328 Å². The van der Waals surface area contributed by atoms with Crippen molar-refractivity contribution in [2.24, 2.45) is 0 Å². The summed E-state index contributed by atoms with van der Waals surface area (Å²) in [5.41, 5.74) is 10.9. The van der Waals surface area contributed by atoms with Gasteiger partial charge < -0.3 is 13.9 Å². The molecule has 57 heavy (non-hydrogen) atoms. The van der Waals surface area contributed by atoms with E-state index in [1.807, 2.05) is 66.7 Å². The predicted octanol–water partition coefficient (Wildman–Crippen LogP) is 12.4. The molecule has 1 unspecified atom stereocenters. The fraction of sp³-hybridized carbons (Fsp3) is 0.0392. The van der Waals surface area contributed by atoms with Crippen LogP contribution >= 0.6 is 0 Å². The van der Waals surface area contributed by atoms with Crippen molar-refractivity contribution in [2.45, 2.75) is 12.3 Å². The molecule has 0 saturated carbocycles. The van der Waals surface area contributed by atoms with Crippen molar-refractivity contribution >= 4 is 49.3 Å². The average Bonchev–Trinajstić information content (AvgIpc) is 3.94. The summed E-state index contributed by atoms with van der Waals surface area (Å²) in [5.74, 6) is 3.71. The van der Waals surface area contributed by atoms with Crippen LogP contribution in [0.15, 0.2) is 188 Å². The number of aromatic nitrogens is 5. The van der Waals surface area contributed by atoms with Gasteiger partial charge in [0.15, 0.2) is 17.5 Å². The van der Waals surface area contributed by atoms with Crippen LogP contribution in [0.2, 0.25) is 0 Å². The van der Waals surface area contributed by atoms with Gasteiger partial charge in [0.2, 0.25) is 0 Å². The molecule has 0 amide bonds. The SMILES string of the molecule is C1=C2Oc3cccc(-c4nc(-c5ccccc5)nc(-c5ccccc5)n4)c3C2CC=C1n1c2ccccc2c2ccc3c4ccccc4n(-c4ccccc4)c3c21. The summed E-state index contributed by atoms with van der Waals surface area (Å²) in [6.45, 7) is 0. The second-order valence-corrected chi connectivity index (χ2v) is 14.7. The van der Waals surface area contributed by atoms with E-state index in [1.54, 1.807) is 0 Å². The van der Waals surface area contributed by atoms with E-state index in [-0.39, 0.29) is 5.92 Å². The van der Waals surface area contributed by atoms with E-state index >= 15 is 0 Å². The number of allylic oxidation sites excluding steroid dienone is 4. The number of hydrogen-bond acceptors (Lipinski definition) is 4. The molecule has 3 aromatic heterocycles. The summed E-state index contributed by atoms with van der Waals surface area (Å²) < 4.78 is 11.7. The number of benzene rings is 7. The van der Waals surface area contributed by atoms with Gasteiger partial charge in [0.05, 0.1) is 28.0 Å². The minimum Gasteiger partial charge on any atom is -0.461 e. The number of fused-ring (bicyclic) bond motifs is 10. The van der Waals surface area contributed by atoms with Gasteiger partial charge in [-0.15, -0.1) is 0 Å². The molecule has 0 spiro atoms. The Morgan fingerprint density at radius 2 is 1.02 bits per heavy atom. The molecule has 1 aliphatic carbocycles. The fourth-order valence-corrected chi connectivity index (χ4v) is 9.03. The van der Waals surface area contributed by atoms with Crippen LogP contribution in [-0.2, 0) is 0 Å². The van der Waals surface area contributed by atoms with Gasteiger partial charge in [-0.25, -0.2) is 15.0 Å². The number of para-hydroxylation sites is 3. The first-order valence-electron chi connectivity index (χ1n) is 19.4. The highest BCUT2D eigenvalue weighted by Crippen LogP contribution is 2.51. The van der Waals surface area contributed by atoms with E-state index in [2.05, 4.69) is 124 Å². The van der Waals surface area contributed by atoms with Crippen LogP contribution in [0.3, 0.4) is 0 Å². The molecular formula is C51H33N5O. The van der Waals surface area contributed by atoms with Gasteiger partial charge in [0, 0.05) is 61.3 Å². The van der Waals surface area contributed by atoms with E-state index in [9.17, 15) is 0 Å². The maximum Gasteiger partial charge on any atom is 0.164 e. The van der Waals surface area contributed by atoms with Crippen molar-refractivity contribution in [2.75, 3.05) is 0 Å². The van der Waals surface area contributed by atoms with Gasteiger partial charge >= 0.3 is 0 Å². The predicted molar refractivity (Wildman–Crippen MR) is 230 cm³/mol. The molecule has 2 aliphatic rings. The fourth-order valence-electron chi connectivity index (χ4n) is 9.03. The van der Waals surface area contributed by atoms with Crippen LogP contribution in [0.4, 0.5) is 0 Å². The number of hydrogen-bond donors (Lipinski definition) is 0. The van der Waals surface area contributed by atoms with Gasteiger partial charge in [-0.05, 0) is 36.8 Å². The number of rotatable bonds is 5. The molecule has 4 heterocycles. The van der Waals surface area contributed by atoms with Crippen molar-refractivity contribution in [3.8, 4) is 45.6 Å². The van der Waals surface area contributed by atoms with Crippen LogP contribution in [0.5, 0.6) is 5.75 Å². The zero-order valence-electron chi connectivity index (χ0n) is 30.7. The zero-order chi connectivity index (χ0) is 37.5. The van der Waals surface area contributed by atoms with Crippen molar-refractivity contribution in [3.63, 3.8) is 0 Å². The summed E-state index contributed by atoms with van der Waals surface area (Å²) >= 11 is 0. The first kappa shape index (κ1) is 31.7. The average molecular weight is 732 g/mol. The standard InChI is InChI=1S/C51H33N5O/c1-4-15-32(16-5-1)49-52-50(33-17-6-2-7-18-33)54-51(53-49)41-23-14-26-44-46(41)40-28-27-35(31-45(40)57-44)56-43-25-13-11-22-37(43)39-30-29-38-36-21-10-12-24-42(36)55(47(38)48(39)56)34-19-8-3-9-20-34/h1-27,29-31,40H,28H2. The zero-order valence-corrected chi connectivity index (χ0v) is 30.7. The Kier molecular flexibility index (Phi) is 6.95. The maximum atomic E-state index is 6.81. The lowest BCUT2D eigenvalue weighted by molar-refractivity contribution is 0.425. The quantitative estimate of drug-likeness (QED) is 0.177. The third kappa shape index (κ3) is 4.87. The molecule has 7 aromatic carbocycles. The molecule has 0 N–H and O–H groups in total. The molecule has 10 aromatic rings.